The third kappa shape index (κ3) is 4.03. The van der Waals surface area contributed by atoms with Crippen LogP contribution in [0.1, 0.15) is 22.1 Å². The Hall–Kier alpha value is -2.72. The molecule has 0 saturated heterocycles. The molecule has 0 amide bonds. The summed E-state index contributed by atoms with van der Waals surface area (Å²) in [6.45, 7) is 1.44. The molecule has 0 aliphatic rings. The van der Waals surface area contributed by atoms with E-state index in [0.717, 1.165) is 11.3 Å². The smallest absolute Gasteiger partial charge is 0.340 e. The van der Waals surface area contributed by atoms with Crippen molar-refractivity contribution < 1.29 is 22.5 Å². The number of hydrogen-bond donors (Lipinski definition) is 1. The topological polar surface area (TPSA) is 111 Å². The quantitative estimate of drug-likeness (QED) is 0.655. The summed E-state index contributed by atoms with van der Waals surface area (Å²) in [7, 11) is -3.77. The molecular weight excluding hydrogens is 366 g/mol. The Morgan fingerprint density at radius 1 is 1.28 bits per heavy atom. The zero-order valence-corrected chi connectivity index (χ0v) is 14.6. The predicted molar refractivity (Wildman–Crippen MR) is 89.7 cm³/mol. The highest BCUT2D eigenvalue weighted by molar-refractivity contribution is 7.94. The van der Waals surface area contributed by atoms with E-state index in [4.69, 9.17) is 9.26 Å². The van der Waals surface area contributed by atoms with Crippen LogP contribution in [-0.4, -0.2) is 24.5 Å². The first-order valence-corrected chi connectivity index (χ1v) is 9.43. The summed E-state index contributed by atoms with van der Waals surface area (Å²) in [6, 6.07) is 9.28. The summed E-state index contributed by atoms with van der Waals surface area (Å²) in [5, 5.41) is 5.25. The summed E-state index contributed by atoms with van der Waals surface area (Å²) in [5.74, 6) is -0.127. The van der Waals surface area contributed by atoms with Crippen LogP contribution in [0.3, 0.4) is 0 Å². The molecule has 10 heteroatoms. The molecule has 2 heterocycles. The summed E-state index contributed by atoms with van der Waals surface area (Å²) in [5.41, 5.74) is 0.210. The normalized spacial score (nSPS) is 11.2. The van der Waals surface area contributed by atoms with E-state index in [2.05, 4.69) is 14.9 Å². The standard InChI is InChI=1S/C15H13N3O5S2/c1-10-16-13(23-17-10)9-22-15(19)11-5-2-3-6-12(11)18-25(20,21)14-7-4-8-24-14/h2-8,18H,9H2,1H3. The van der Waals surface area contributed by atoms with Gasteiger partial charge in [-0.2, -0.15) is 4.98 Å². The summed E-state index contributed by atoms with van der Waals surface area (Å²) < 4.78 is 37.2. The van der Waals surface area contributed by atoms with E-state index in [0.29, 0.717) is 5.82 Å². The lowest BCUT2D eigenvalue weighted by Crippen LogP contribution is -2.15. The number of esters is 1. The first-order valence-electron chi connectivity index (χ1n) is 7.07. The third-order valence-electron chi connectivity index (χ3n) is 3.05. The second kappa shape index (κ2) is 7.03. The highest BCUT2D eigenvalue weighted by atomic mass is 32.2. The van der Waals surface area contributed by atoms with Crippen LogP contribution in [0.4, 0.5) is 5.69 Å². The van der Waals surface area contributed by atoms with Crippen molar-refractivity contribution in [2.24, 2.45) is 0 Å². The second-order valence-corrected chi connectivity index (χ2v) is 7.75. The van der Waals surface area contributed by atoms with Crippen molar-refractivity contribution >= 4 is 33.0 Å². The maximum absolute atomic E-state index is 12.3. The van der Waals surface area contributed by atoms with Crippen LogP contribution in [0.2, 0.25) is 0 Å². The van der Waals surface area contributed by atoms with Crippen molar-refractivity contribution in [1.82, 2.24) is 10.1 Å². The Morgan fingerprint density at radius 2 is 2.08 bits per heavy atom. The van der Waals surface area contributed by atoms with Gasteiger partial charge in [-0.25, -0.2) is 13.2 Å². The fourth-order valence-corrected chi connectivity index (χ4v) is 4.04. The maximum atomic E-state index is 12.3. The van der Waals surface area contributed by atoms with E-state index in [1.807, 2.05) is 0 Å². The molecule has 0 unspecified atom stereocenters. The van der Waals surface area contributed by atoms with Crippen molar-refractivity contribution in [2.75, 3.05) is 4.72 Å². The molecular formula is C15H13N3O5S2. The first kappa shape index (κ1) is 17.1. The van der Waals surface area contributed by atoms with Crippen LogP contribution in [-0.2, 0) is 21.4 Å². The van der Waals surface area contributed by atoms with E-state index in [-0.39, 0.29) is 28.0 Å². The molecule has 0 spiro atoms. The van der Waals surface area contributed by atoms with Crippen molar-refractivity contribution in [3.05, 3.63) is 59.1 Å². The minimum absolute atomic E-state index is 0.0823. The van der Waals surface area contributed by atoms with Gasteiger partial charge in [-0.05, 0) is 30.5 Å². The third-order valence-corrected chi connectivity index (χ3v) is 5.81. The Labute approximate surface area is 147 Å². The summed E-state index contributed by atoms with van der Waals surface area (Å²) in [4.78, 5) is 16.2. The van der Waals surface area contributed by atoms with Gasteiger partial charge in [0.15, 0.2) is 12.4 Å². The van der Waals surface area contributed by atoms with Gasteiger partial charge in [-0.3, -0.25) is 4.72 Å². The molecule has 1 aromatic carbocycles. The lowest BCUT2D eigenvalue weighted by molar-refractivity contribution is 0.0431. The molecule has 0 saturated carbocycles. The van der Waals surface area contributed by atoms with Gasteiger partial charge in [0.25, 0.3) is 15.9 Å². The summed E-state index contributed by atoms with van der Waals surface area (Å²) >= 11 is 1.08. The number of nitrogens with zero attached hydrogens (tertiary/aromatic N) is 2. The number of nitrogens with one attached hydrogen (secondary N) is 1. The van der Waals surface area contributed by atoms with Crippen molar-refractivity contribution in [2.45, 2.75) is 17.7 Å². The SMILES string of the molecule is Cc1noc(COC(=O)c2ccccc2NS(=O)(=O)c2cccs2)n1. The lowest BCUT2D eigenvalue weighted by Gasteiger charge is -2.10. The number of aromatic nitrogens is 2. The molecule has 130 valence electrons. The van der Waals surface area contributed by atoms with Crippen molar-refractivity contribution in [3.8, 4) is 0 Å². The number of carbonyl (C=O) groups is 1. The molecule has 1 N–H and O–H groups in total. The Bertz CT molecular complexity index is 980. The van der Waals surface area contributed by atoms with E-state index < -0.39 is 16.0 Å². The molecule has 8 nitrogen and oxygen atoms in total. The Balaban J connectivity index is 1.77. The number of sulfonamides is 1. The van der Waals surface area contributed by atoms with Crippen molar-refractivity contribution in [1.29, 1.82) is 0 Å². The van der Waals surface area contributed by atoms with E-state index in [1.165, 1.54) is 18.2 Å². The minimum atomic E-state index is -3.77. The monoisotopic (exact) mass is 379 g/mol. The average Bonchev–Trinajstić information content (AvgIpc) is 3.25. The zero-order valence-electron chi connectivity index (χ0n) is 13.0. The number of hydrogen-bond acceptors (Lipinski definition) is 8. The zero-order chi connectivity index (χ0) is 17.9. The fourth-order valence-electron chi connectivity index (χ4n) is 1.97. The van der Waals surface area contributed by atoms with Gasteiger partial charge < -0.3 is 9.26 Å². The van der Waals surface area contributed by atoms with E-state index >= 15 is 0 Å². The Morgan fingerprint density at radius 3 is 2.76 bits per heavy atom. The van der Waals surface area contributed by atoms with Gasteiger partial charge in [-0.15, -0.1) is 11.3 Å². The number of para-hydroxylation sites is 1. The predicted octanol–water partition coefficient (Wildman–Crippen LogP) is 2.60. The second-order valence-electron chi connectivity index (χ2n) is 4.89. The van der Waals surface area contributed by atoms with Gasteiger partial charge in [-0.1, -0.05) is 23.4 Å². The van der Waals surface area contributed by atoms with Crippen LogP contribution < -0.4 is 4.72 Å². The van der Waals surface area contributed by atoms with Crippen LogP contribution in [0.15, 0.2) is 50.5 Å². The maximum Gasteiger partial charge on any atom is 0.340 e. The van der Waals surface area contributed by atoms with Gasteiger partial charge in [0.1, 0.15) is 4.21 Å². The number of ether oxygens (including phenoxy) is 1. The molecule has 3 rings (SSSR count). The average molecular weight is 379 g/mol. The molecule has 0 atom stereocenters. The number of anilines is 1. The highest BCUT2D eigenvalue weighted by Gasteiger charge is 2.20. The van der Waals surface area contributed by atoms with E-state index in [9.17, 15) is 13.2 Å². The molecule has 2 aromatic heterocycles. The van der Waals surface area contributed by atoms with Crippen LogP contribution in [0.25, 0.3) is 0 Å². The molecule has 25 heavy (non-hydrogen) atoms. The molecule has 0 radical (unpaired) electrons. The number of aryl methyl sites for hydroxylation is 1. The van der Waals surface area contributed by atoms with Crippen molar-refractivity contribution in [3.63, 3.8) is 0 Å². The van der Waals surface area contributed by atoms with Crippen LogP contribution in [0, 0.1) is 6.92 Å². The number of rotatable bonds is 6. The van der Waals surface area contributed by atoms with Gasteiger partial charge in [0.2, 0.25) is 0 Å². The molecule has 0 aliphatic carbocycles. The lowest BCUT2D eigenvalue weighted by atomic mass is 10.2. The largest absolute Gasteiger partial charge is 0.452 e. The van der Waals surface area contributed by atoms with E-state index in [1.54, 1.807) is 30.5 Å². The molecule has 0 aliphatic heterocycles. The summed E-state index contributed by atoms with van der Waals surface area (Å²) in [6.07, 6.45) is 0. The molecule has 0 bridgehead atoms. The van der Waals surface area contributed by atoms with Crippen LogP contribution in [0.5, 0.6) is 0 Å². The number of carbonyl (C=O) groups excluding carboxylic acids is 1. The number of thiophene rings is 1. The number of benzene rings is 1. The molecule has 3 aromatic rings. The first-order chi connectivity index (χ1) is 12.0. The molecule has 0 fully saturated rings. The van der Waals surface area contributed by atoms with Gasteiger partial charge in [0.05, 0.1) is 11.3 Å². The fraction of sp³-hybridized carbons (Fsp3) is 0.133. The van der Waals surface area contributed by atoms with Gasteiger partial charge in [0, 0.05) is 0 Å². The van der Waals surface area contributed by atoms with Gasteiger partial charge >= 0.3 is 5.97 Å². The highest BCUT2D eigenvalue weighted by Crippen LogP contribution is 2.23. The Kier molecular flexibility index (Phi) is 4.81. The van der Waals surface area contributed by atoms with Crippen LogP contribution >= 0.6 is 11.3 Å². The minimum Gasteiger partial charge on any atom is -0.452 e.